The number of hydrogen-bond donors (Lipinski definition) is 1. The van der Waals surface area contributed by atoms with Gasteiger partial charge in [0.25, 0.3) is 0 Å². The van der Waals surface area contributed by atoms with Crippen molar-refractivity contribution in [1.29, 1.82) is 0 Å². The smallest absolute Gasteiger partial charge is 0.0642 e. The van der Waals surface area contributed by atoms with Gasteiger partial charge in [0.05, 0.1) is 26.4 Å². The van der Waals surface area contributed by atoms with Crippen LogP contribution in [0.3, 0.4) is 0 Å². The van der Waals surface area contributed by atoms with Gasteiger partial charge in [-0.2, -0.15) is 0 Å². The Hall–Kier alpha value is -1.40. The number of hydrogen-bond acceptors (Lipinski definition) is 4. The number of anilines is 1. The van der Waals surface area contributed by atoms with Crippen molar-refractivity contribution in [2.24, 2.45) is 0 Å². The van der Waals surface area contributed by atoms with Crippen molar-refractivity contribution in [3.05, 3.63) is 62.1 Å². The first kappa shape index (κ1) is 25.9. The second-order valence-electron chi connectivity index (χ2n) is 8.42. The van der Waals surface area contributed by atoms with Crippen molar-refractivity contribution in [2.75, 3.05) is 57.5 Å². The lowest BCUT2D eigenvalue weighted by Crippen LogP contribution is -2.37. The number of halogens is 1. The predicted octanol–water partition coefficient (Wildman–Crippen LogP) is 5.43. The number of rotatable bonds is 1. The summed E-state index contributed by atoms with van der Waals surface area (Å²) in [6.07, 6.45) is 0. The van der Waals surface area contributed by atoms with Gasteiger partial charge in [0.1, 0.15) is 0 Å². The molecule has 0 aromatic heterocycles. The van der Waals surface area contributed by atoms with E-state index in [0.717, 1.165) is 52.6 Å². The van der Waals surface area contributed by atoms with E-state index in [-0.39, 0.29) is 0 Å². The van der Waals surface area contributed by atoms with E-state index in [1.165, 1.54) is 43.5 Å². The maximum Gasteiger partial charge on any atom is 0.0642 e. The molecular formula is C26H39BrN2O2. The molecule has 2 saturated heterocycles. The maximum atomic E-state index is 5.38. The van der Waals surface area contributed by atoms with Gasteiger partial charge >= 0.3 is 0 Å². The van der Waals surface area contributed by atoms with Crippen molar-refractivity contribution < 1.29 is 9.47 Å². The second-order valence-corrected chi connectivity index (χ2v) is 9.21. The molecule has 0 bridgehead atoms. The summed E-state index contributed by atoms with van der Waals surface area (Å²) in [5.74, 6) is 0. The summed E-state index contributed by atoms with van der Waals surface area (Å²) in [6, 6.07) is 8.88. The SMILES string of the molecule is C1COCCN1.Cc1cc(C)c(Br)c(C)c1.Cc1cc(C)c(N2CCOCC2)c(C)c1. The Bertz CT molecular complexity index is 771. The third-order valence-electron chi connectivity index (χ3n) is 5.39. The van der Waals surface area contributed by atoms with Crippen molar-refractivity contribution in [3.8, 4) is 0 Å². The number of morpholine rings is 2. The molecule has 2 heterocycles. The van der Waals surface area contributed by atoms with E-state index in [2.05, 4.69) is 92.0 Å². The number of ether oxygens (including phenoxy) is 2. The molecule has 0 unspecified atom stereocenters. The van der Waals surface area contributed by atoms with Crippen LogP contribution < -0.4 is 10.2 Å². The summed E-state index contributed by atoms with van der Waals surface area (Å²) in [6.45, 7) is 20.5. The normalized spacial score (nSPS) is 16.0. The molecule has 2 aromatic rings. The molecule has 31 heavy (non-hydrogen) atoms. The summed E-state index contributed by atoms with van der Waals surface area (Å²) in [7, 11) is 0. The van der Waals surface area contributed by atoms with Crippen LogP contribution in [0.15, 0.2) is 28.7 Å². The third kappa shape index (κ3) is 8.57. The largest absolute Gasteiger partial charge is 0.379 e. The van der Waals surface area contributed by atoms with Crippen LogP contribution >= 0.6 is 15.9 Å². The van der Waals surface area contributed by atoms with Gasteiger partial charge in [-0.15, -0.1) is 0 Å². The molecular weight excluding hydrogens is 452 g/mol. The van der Waals surface area contributed by atoms with Crippen LogP contribution in [0.2, 0.25) is 0 Å². The first-order valence-corrected chi connectivity index (χ1v) is 12.0. The predicted molar refractivity (Wildman–Crippen MR) is 136 cm³/mol. The molecule has 2 aliphatic heterocycles. The maximum absolute atomic E-state index is 5.38. The minimum absolute atomic E-state index is 0.854. The Morgan fingerprint density at radius 3 is 1.48 bits per heavy atom. The van der Waals surface area contributed by atoms with Crippen LogP contribution in [0.25, 0.3) is 0 Å². The zero-order chi connectivity index (χ0) is 22.8. The van der Waals surface area contributed by atoms with Gasteiger partial charge < -0.3 is 19.7 Å². The Balaban J connectivity index is 0.000000183. The highest BCUT2D eigenvalue weighted by atomic mass is 79.9. The van der Waals surface area contributed by atoms with Crippen LogP contribution in [0.5, 0.6) is 0 Å². The lowest BCUT2D eigenvalue weighted by atomic mass is 10.0. The zero-order valence-corrected chi connectivity index (χ0v) is 21.7. The van der Waals surface area contributed by atoms with Crippen molar-refractivity contribution in [1.82, 2.24) is 5.32 Å². The van der Waals surface area contributed by atoms with Gasteiger partial charge in [-0.1, -0.05) is 51.3 Å². The van der Waals surface area contributed by atoms with Crippen LogP contribution in [-0.2, 0) is 9.47 Å². The van der Waals surface area contributed by atoms with Crippen LogP contribution in [-0.4, -0.2) is 52.6 Å². The van der Waals surface area contributed by atoms with E-state index >= 15 is 0 Å². The lowest BCUT2D eigenvalue weighted by Gasteiger charge is -2.31. The minimum Gasteiger partial charge on any atom is -0.379 e. The molecule has 0 spiro atoms. The van der Waals surface area contributed by atoms with E-state index in [0.29, 0.717) is 0 Å². The van der Waals surface area contributed by atoms with Gasteiger partial charge in [-0.25, -0.2) is 0 Å². The van der Waals surface area contributed by atoms with E-state index in [9.17, 15) is 0 Å². The molecule has 1 N–H and O–H groups in total. The Morgan fingerprint density at radius 2 is 1.10 bits per heavy atom. The van der Waals surface area contributed by atoms with Crippen molar-refractivity contribution >= 4 is 21.6 Å². The van der Waals surface area contributed by atoms with Gasteiger partial charge in [-0.05, 0) is 63.8 Å². The second kappa shape index (κ2) is 13.2. The van der Waals surface area contributed by atoms with E-state index in [4.69, 9.17) is 9.47 Å². The Labute approximate surface area is 197 Å². The molecule has 2 fully saturated rings. The standard InChI is InChI=1S/C13H19NO.C9H11Br.C4H9NO/c1-10-8-11(2)13(12(3)9-10)14-4-6-15-7-5-14;1-6-4-7(2)9(10)8(3)5-6;1-3-6-4-2-5-1/h8-9H,4-7H2,1-3H3;4-5H,1-3H3;5H,1-4H2. The molecule has 4 rings (SSSR count). The van der Waals surface area contributed by atoms with Crippen molar-refractivity contribution in [3.63, 3.8) is 0 Å². The molecule has 5 heteroatoms. The number of nitrogens with zero attached hydrogens (tertiary/aromatic N) is 1. The van der Waals surface area contributed by atoms with Crippen LogP contribution in [0.4, 0.5) is 5.69 Å². The van der Waals surface area contributed by atoms with Crippen LogP contribution in [0.1, 0.15) is 33.4 Å². The molecule has 2 aliphatic rings. The molecule has 0 atom stereocenters. The highest BCUT2D eigenvalue weighted by molar-refractivity contribution is 9.10. The van der Waals surface area contributed by atoms with E-state index < -0.39 is 0 Å². The molecule has 172 valence electrons. The lowest BCUT2D eigenvalue weighted by molar-refractivity contribution is 0.109. The first-order valence-electron chi connectivity index (χ1n) is 11.2. The summed E-state index contributed by atoms with van der Waals surface area (Å²) < 4.78 is 11.6. The van der Waals surface area contributed by atoms with E-state index in [1.807, 2.05) is 0 Å². The van der Waals surface area contributed by atoms with Gasteiger partial charge in [0.15, 0.2) is 0 Å². The average molecular weight is 492 g/mol. The highest BCUT2D eigenvalue weighted by Gasteiger charge is 2.15. The molecule has 0 amide bonds. The van der Waals surface area contributed by atoms with Gasteiger partial charge in [0.2, 0.25) is 0 Å². The Morgan fingerprint density at radius 1 is 0.677 bits per heavy atom. The Kier molecular flexibility index (Phi) is 11.0. The minimum atomic E-state index is 0.854. The molecule has 4 nitrogen and oxygen atoms in total. The number of nitrogens with one attached hydrogen (secondary N) is 1. The molecule has 0 saturated carbocycles. The quantitative estimate of drug-likeness (QED) is 0.577. The first-order chi connectivity index (χ1) is 14.8. The van der Waals surface area contributed by atoms with Gasteiger partial charge in [-0.3, -0.25) is 0 Å². The number of aryl methyl sites for hydroxylation is 6. The third-order valence-corrected chi connectivity index (χ3v) is 6.64. The number of benzene rings is 2. The van der Waals surface area contributed by atoms with Crippen molar-refractivity contribution in [2.45, 2.75) is 41.5 Å². The molecule has 0 radical (unpaired) electrons. The summed E-state index contributed by atoms with van der Waals surface area (Å²) in [5, 5.41) is 3.16. The summed E-state index contributed by atoms with van der Waals surface area (Å²) >= 11 is 3.51. The fourth-order valence-corrected chi connectivity index (χ4v) is 4.37. The molecule has 0 aliphatic carbocycles. The highest BCUT2D eigenvalue weighted by Crippen LogP contribution is 2.26. The summed E-state index contributed by atoms with van der Waals surface area (Å²) in [5.41, 5.74) is 9.49. The monoisotopic (exact) mass is 490 g/mol. The van der Waals surface area contributed by atoms with E-state index in [1.54, 1.807) is 0 Å². The zero-order valence-electron chi connectivity index (χ0n) is 20.1. The fourth-order valence-electron chi connectivity index (χ4n) is 4.14. The van der Waals surface area contributed by atoms with Gasteiger partial charge in [0, 0.05) is 36.3 Å². The topological polar surface area (TPSA) is 33.7 Å². The average Bonchev–Trinajstić information content (AvgIpc) is 2.74. The summed E-state index contributed by atoms with van der Waals surface area (Å²) in [4.78, 5) is 2.44. The van der Waals surface area contributed by atoms with Crippen LogP contribution in [0, 0.1) is 41.5 Å². The fraction of sp³-hybridized carbons (Fsp3) is 0.538. The molecule has 2 aromatic carbocycles.